The molecule has 0 amide bonds. The second-order valence-corrected chi connectivity index (χ2v) is 7.89. The van der Waals surface area contributed by atoms with Crippen molar-refractivity contribution >= 4 is 33.5 Å². The number of nitrogens with one attached hydrogen (secondary N) is 1. The molecule has 0 radical (unpaired) electrons. The van der Waals surface area contributed by atoms with Crippen molar-refractivity contribution in [1.82, 2.24) is 15.0 Å². The number of hydrogen-bond donors (Lipinski definition) is 1. The molecular formula is C11H19N5O3S2. The van der Waals surface area contributed by atoms with Gasteiger partial charge in [0.2, 0.25) is 11.9 Å². The average Bonchev–Trinajstić information content (AvgIpc) is 2.46. The third-order valence-corrected chi connectivity index (χ3v) is 4.86. The quantitative estimate of drug-likeness (QED) is 0.715. The molecule has 0 unspecified atom stereocenters. The van der Waals surface area contributed by atoms with Crippen molar-refractivity contribution in [3.05, 3.63) is 0 Å². The summed E-state index contributed by atoms with van der Waals surface area (Å²) in [7, 11) is -1.24. The van der Waals surface area contributed by atoms with Crippen LogP contribution in [0.2, 0.25) is 0 Å². The first-order valence-electron chi connectivity index (χ1n) is 6.55. The van der Waals surface area contributed by atoms with Gasteiger partial charge in [0, 0.05) is 32.1 Å². The van der Waals surface area contributed by atoms with Crippen molar-refractivity contribution in [2.75, 3.05) is 61.3 Å². The fraction of sp³-hybridized carbons (Fsp3) is 0.727. The van der Waals surface area contributed by atoms with E-state index >= 15 is 0 Å². The van der Waals surface area contributed by atoms with Gasteiger partial charge in [-0.05, 0) is 0 Å². The Labute approximate surface area is 128 Å². The molecule has 0 spiro atoms. The van der Waals surface area contributed by atoms with Crippen molar-refractivity contribution in [3.8, 4) is 0 Å². The molecule has 0 aromatic carbocycles. The largest absolute Gasteiger partial charge is 0.378 e. The van der Waals surface area contributed by atoms with E-state index in [-0.39, 0.29) is 5.75 Å². The van der Waals surface area contributed by atoms with E-state index in [4.69, 9.17) is 4.74 Å². The highest BCUT2D eigenvalue weighted by Crippen LogP contribution is 2.19. The Morgan fingerprint density at radius 3 is 2.62 bits per heavy atom. The number of ether oxygens (including phenoxy) is 1. The molecule has 1 aromatic rings. The van der Waals surface area contributed by atoms with Crippen molar-refractivity contribution < 1.29 is 13.2 Å². The van der Waals surface area contributed by atoms with Crippen LogP contribution in [0.4, 0.5) is 11.9 Å². The molecule has 0 saturated carbocycles. The van der Waals surface area contributed by atoms with Crippen LogP contribution in [0.5, 0.6) is 0 Å². The first kappa shape index (κ1) is 16.2. The summed E-state index contributed by atoms with van der Waals surface area (Å²) < 4.78 is 27.6. The van der Waals surface area contributed by atoms with Crippen LogP contribution < -0.4 is 10.2 Å². The summed E-state index contributed by atoms with van der Waals surface area (Å²) in [6.45, 7) is 2.77. The van der Waals surface area contributed by atoms with Crippen LogP contribution in [0.15, 0.2) is 5.16 Å². The highest BCUT2D eigenvalue weighted by atomic mass is 32.2. The van der Waals surface area contributed by atoms with Crippen LogP contribution in [-0.4, -0.2) is 74.5 Å². The molecule has 1 aliphatic rings. The van der Waals surface area contributed by atoms with E-state index < -0.39 is 9.84 Å². The molecule has 1 fully saturated rings. The SMILES string of the molecule is CNc1nc(SCCS(C)(=O)=O)nc(N2CCOCC2)n1. The van der Waals surface area contributed by atoms with Gasteiger partial charge in [-0.1, -0.05) is 11.8 Å². The van der Waals surface area contributed by atoms with Gasteiger partial charge in [0.15, 0.2) is 5.16 Å². The maximum atomic E-state index is 11.2. The van der Waals surface area contributed by atoms with Crippen LogP contribution in [0, 0.1) is 0 Å². The second-order valence-electron chi connectivity index (χ2n) is 4.57. The fourth-order valence-corrected chi connectivity index (χ4v) is 3.74. The van der Waals surface area contributed by atoms with Gasteiger partial charge in [-0.2, -0.15) is 15.0 Å². The Bertz CT molecular complexity index is 575. The number of aromatic nitrogens is 3. The van der Waals surface area contributed by atoms with Crippen molar-refractivity contribution in [2.45, 2.75) is 5.16 Å². The van der Waals surface area contributed by atoms with Gasteiger partial charge in [0.1, 0.15) is 9.84 Å². The van der Waals surface area contributed by atoms with Crippen LogP contribution in [0.1, 0.15) is 0 Å². The maximum absolute atomic E-state index is 11.2. The molecule has 8 nitrogen and oxygen atoms in total. The molecule has 1 N–H and O–H groups in total. The van der Waals surface area contributed by atoms with Gasteiger partial charge >= 0.3 is 0 Å². The van der Waals surface area contributed by atoms with E-state index in [9.17, 15) is 8.42 Å². The lowest BCUT2D eigenvalue weighted by atomic mass is 10.4. The summed E-state index contributed by atoms with van der Waals surface area (Å²) in [6, 6.07) is 0. The van der Waals surface area contributed by atoms with Crippen molar-refractivity contribution in [1.29, 1.82) is 0 Å². The zero-order valence-corrected chi connectivity index (χ0v) is 13.7. The number of hydrogen-bond acceptors (Lipinski definition) is 9. The number of morpholine rings is 1. The molecule has 10 heteroatoms. The van der Waals surface area contributed by atoms with Crippen molar-refractivity contribution in [3.63, 3.8) is 0 Å². The third kappa shape index (κ3) is 5.29. The molecule has 1 aromatic heterocycles. The smallest absolute Gasteiger partial charge is 0.231 e. The number of rotatable bonds is 6. The minimum Gasteiger partial charge on any atom is -0.378 e. The molecule has 2 rings (SSSR count). The molecule has 0 atom stereocenters. The summed E-state index contributed by atoms with van der Waals surface area (Å²) in [5.74, 6) is 1.60. The molecule has 1 saturated heterocycles. The van der Waals surface area contributed by atoms with Crippen LogP contribution >= 0.6 is 11.8 Å². The topological polar surface area (TPSA) is 97.3 Å². The summed E-state index contributed by atoms with van der Waals surface area (Å²) in [5, 5.41) is 3.43. The Morgan fingerprint density at radius 1 is 1.29 bits per heavy atom. The summed E-state index contributed by atoms with van der Waals surface area (Å²) in [6.07, 6.45) is 1.22. The highest BCUT2D eigenvalue weighted by molar-refractivity contribution is 8.00. The van der Waals surface area contributed by atoms with Gasteiger partial charge in [-0.3, -0.25) is 0 Å². The van der Waals surface area contributed by atoms with Crippen LogP contribution in [0.25, 0.3) is 0 Å². The normalized spacial score (nSPS) is 16.0. The molecule has 2 heterocycles. The monoisotopic (exact) mass is 333 g/mol. The maximum Gasteiger partial charge on any atom is 0.231 e. The van der Waals surface area contributed by atoms with Crippen molar-refractivity contribution in [2.24, 2.45) is 0 Å². The molecule has 0 bridgehead atoms. The Kier molecular flexibility index (Phi) is 5.59. The van der Waals surface area contributed by atoms with E-state index in [0.717, 1.165) is 13.1 Å². The molecule has 118 valence electrons. The van der Waals surface area contributed by atoms with Gasteiger partial charge in [-0.25, -0.2) is 8.42 Å². The lowest BCUT2D eigenvalue weighted by molar-refractivity contribution is 0.122. The van der Waals surface area contributed by atoms with Gasteiger partial charge in [0.25, 0.3) is 0 Å². The Morgan fingerprint density at radius 2 is 2.00 bits per heavy atom. The standard InChI is InChI=1S/C11H19N5O3S2/c1-12-9-13-10(16-3-5-19-6-4-16)15-11(14-9)20-7-8-21(2,17)18/h3-8H2,1-2H3,(H,12,13,14,15). The third-order valence-electron chi connectivity index (χ3n) is 2.81. The van der Waals surface area contributed by atoms with E-state index in [1.54, 1.807) is 7.05 Å². The van der Waals surface area contributed by atoms with E-state index in [1.807, 2.05) is 4.90 Å². The minimum atomic E-state index is -2.98. The zero-order chi connectivity index (χ0) is 15.3. The summed E-state index contributed by atoms with van der Waals surface area (Å²) in [5.41, 5.74) is 0. The molecule has 0 aliphatic carbocycles. The predicted octanol–water partition coefficient (Wildman–Crippen LogP) is -0.113. The molecule has 21 heavy (non-hydrogen) atoms. The predicted molar refractivity (Wildman–Crippen MR) is 82.8 cm³/mol. The Hall–Kier alpha value is -1.13. The van der Waals surface area contributed by atoms with Gasteiger partial charge in [0.05, 0.1) is 19.0 Å². The zero-order valence-electron chi connectivity index (χ0n) is 12.1. The number of anilines is 2. The number of sulfone groups is 1. The van der Waals surface area contributed by atoms with Crippen LogP contribution in [-0.2, 0) is 14.6 Å². The number of nitrogens with zero attached hydrogens (tertiary/aromatic N) is 4. The van der Waals surface area contributed by atoms with E-state index in [0.29, 0.717) is 36.0 Å². The number of thioether (sulfide) groups is 1. The first-order valence-corrected chi connectivity index (χ1v) is 9.59. The molecule has 1 aliphatic heterocycles. The first-order chi connectivity index (χ1) is 9.98. The summed E-state index contributed by atoms with van der Waals surface area (Å²) in [4.78, 5) is 15.0. The molecular weight excluding hydrogens is 314 g/mol. The lowest BCUT2D eigenvalue weighted by Crippen LogP contribution is -2.37. The van der Waals surface area contributed by atoms with Crippen LogP contribution in [0.3, 0.4) is 0 Å². The average molecular weight is 333 g/mol. The van der Waals surface area contributed by atoms with E-state index in [2.05, 4.69) is 20.3 Å². The second kappa shape index (κ2) is 7.23. The minimum absolute atomic E-state index is 0.102. The Balaban J connectivity index is 2.09. The summed E-state index contributed by atoms with van der Waals surface area (Å²) >= 11 is 1.32. The van der Waals surface area contributed by atoms with Gasteiger partial charge in [-0.15, -0.1) is 0 Å². The van der Waals surface area contributed by atoms with E-state index in [1.165, 1.54) is 18.0 Å². The lowest BCUT2D eigenvalue weighted by Gasteiger charge is -2.26. The fourth-order valence-electron chi connectivity index (χ4n) is 1.71. The van der Waals surface area contributed by atoms with Gasteiger partial charge < -0.3 is 15.0 Å². The highest BCUT2D eigenvalue weighted by Gasteiger charge is 2.16.